The van der Waals surface area contributed by atoms with Crippen LogP contribution in [-0.2, 0) is 11.8 Å². The van der Waals surface area contributed by atoms with Crippen LogP contribution in [0, 0.1) is 11.8 Å². The van der Waals surface area contributed by atoms with Crippen molar-refractivity contribution in [3.63, 3.8) is 0 Å². The molecule has 0 saturated carbocycles. The highest BCUT2D eigenvalue weighted by atomic mass is 16.2. The number of hydrogen-bond donors (Lipinski definition) is 1. The summed E-state index contributed by atoms with van der Waals surface area (Å²) >= 11 is 0. The van der Waals surface area contributed by atoms with E-state index in [1.54, 1.807) is 17.1 Å². The minimum atomic E-state index is 0.00375. The monoisotopic (exact) mass is 393 g/mol. The Morgan fingerprint density at radius 1 is 1.28 bits per heavy atom. The second-order valence-electron chi connectivity index (χ2n) is 8.25. The van der Waals surface area contributed by atoms with Crippen LogP contribution in [0.2, 0.25) is 0 Å². The Hall–Kier alpha value is -2.87. The van der Waals surface area contributed by atoms with Crippen LogP contribution >= 0.6 is 0 Å². The third kappa shape index (κ3) is 4.59. The number of rotatable bonds is 5. The number of aromatic nitrogens is 5. The first-order valence-corrected chi connectivity index (χ1v) is 10.1. The van der Waals surface area contributed by atoms with Gasteiger partial charge < -0.3 is 10.2 Å². The van der Waals surface area contributed by atoms with Crippen LogP contribution in [0.5, 0.6) is 0 Å². The molecule has 1 fully saturated rings. The maximum absolute atomic E-state index is 12.8. The molecule has 29 heavy (non-hydrogen) atoms. The number of amides is 1. The summed E-state index contributed by atoms with van der Waals surface area (Å²) in [6, 6.07) is 3.86. The molecule has 1 aliphatic heterocycles. The van der Waals surface area contributed by atoms with Gasteiger partial charge in [-0.1, -0.05) is 19.1 Å². The summed E-state index contributed by atoms with van der Waals surface area (Å²) in [5.41, 5.74) is 2.42. The van der Waals surface area contributed by atoms with Crippen LogP contribution in [0.3, 0.4) is 0 Å². The Balaban J connectivity index is 1.49. The molecule has 0 radical (unpaired) electrons. The maximum atomic E-state index is 12.8. The molecule has 1 amide bonds. The number of nitrogens with zero attached hydrogens (tertiary/aromatic N) is 6. The second-order valence-corrected chi connectivity index (χ2v) is 8.25. The van der Waals surface area contributed by atoms with Crippen molar-refractivity contribution in [2.75, 3.05) is 25.0 Å². The van der Waals surface area contributed by atoms with Crippen LogP contribution in [0.1, 0.15) is 26.7 Å². The number of anilines is 1. The second kappa shape index (κ2) is 8.24. The van der Waals surface area contributed by atoms with Crippen molar-refractivity contribution in [3.8, 4) is 11.3 Å². The van der Waals surface area contributed by atoms with Gasteiger partial charge in [0.05, 0.1) is 23.8 Å². The zero-order valence-corrected chi connectivity index (χ0v) is 17.2. The molecule has 3 aromatic rings. The lowest BCUT2D eigenvalue weighted by Crippen LogP contribution is -2.42. The van der Waals surface area contributed by atoms with Gasteiger partial charge in [-0.2, -0.15) is 0 Å². The van der Waals surface area contributed by atoms with Gasteiger partial charge in [0.15, 0.2) is 0 Å². The summed E-state index contributed by atoms with van der Waals surface area (Å²) in [5.74, 6) is 1.21. The van der Waals surface area contributed by atoms with E-state index in [1.165, 1.54) is 0 Å². The molecule has 0 aromatic carbocycles. The molecular weight excluding hydrogens is 366 g/mol. The first-order chi connectivity index (χ1) is 14.0. The summed E-state index contributed by atoms with van der Waals surface area (Å²) in [4.78, 5) is 24.0. The Morgan fingerprint density at radius 2 is 2.14 bits per heavy atom. The summed E-state index contributed by atoms with van der Waals surface area (Å²) in [7, 11) is 1.83. The molecule has 1 N–H and O–H groups in total. The molecule has 8 heteroatoms. The van der Waals surface area contributed by atoms with Gasteiger partial charge >= 0.3 is 0 Å². The standard InChI is InChI=1S/C21H27N7O/c1-14(2)11-28-6-4-5-15(12-28)21(29)24-20-8-16-7-17(9-22-18(16)10-23-20)19-13-27(3)26-25-19/h7-10,13-15H,4-6,11-12H2,1-3H3,(H,23,24,29)/t15-/m1/s1. The molecular formula is C21H27N7O. The Bertz CT molecular complexity index is 1010. The number of hydrogen-bond acceptors (Lipinski definition) is 6. The van der Waals surface area contributed by atoms with Gasteiger partial charge in [0.2, 0.25) is 5.91 Å². The number of fused-ring (bicyclic) bond motifs is 1. The van der Waals surface area contributed by atoms with Crippen molar-refractivity contribution in [1.82, 2.24) is 29.9 Å². The zero-order valence-electron chi connectivity index (χ0n) is 17.2. The number of piperidine rings is 1. The Kier molecular flexibility index (Phi) is 5.53. The number of pyridine rings is 2. The van der Waals surface area contributed by atoms with Crippen LogP contribution in [0.4, 0.5) is 5.82 Å². The van der Waals surface area contributed by atoms with E-state index < -0.39 is 0 Å². The first-order valence-electron chi connectivity index (χ1n) is 10.1. The Morgan fingerprint density at radius 3 is 2.90 bits per heavy atom. The minimum absolute atomic E-state index is 0.00375. The van der Waals surface area contributed by atoms with Crippen molar-refractivity contribution < 1.29 is 4.79 Å². The van der Waals surface area contributed by atoms with E-state index in [2.05, 4.69) is 44.3 Å². The van der Waals surface area contributed by atoms with Gasteiger partial charge in [-0.25, -0.2) is 4.98 Å². The molecule has 0 bridgehead atoms. The molecule has 1 aliphatic rings. The molecule has 1 atom stereocenters. The molecule has 8 nitrogen and oxygen atoms in total. The predicted molar refractivity (Wildman–Crippen MR) is 112 cm³/mol. The van der Waals surface area contributed by atoms with Gasteiger partial charge in [0.1, 0.15) is 11.5 Å². The van der Waals surface area contributed by atoms with Gasteiger partial charge in [0.25, 0.3) is 0 Å². The highest BCUT2D eigenvalue weighted by molar-refractivity contribution is 5.94. The molecule has 0 unspecified atom stereocenters. The van der Waals surface area contributed by atoms with Crippen molar-refractivity contribution in [2.24, 2.45) is 18.9 Å². The summed E-state index contributed by atoms with van der Waals surface area (Å²) in [5, 5.41) is 12.0. The average Bonchev–Trinajstić information content (AvgIpc) is 3.13. The number of carbonyl (C=O) groups is 1. The largest absolute Gasteiger partial charge is 0.310 e. The summed E-state index contributed by atoms with van der Waals surface area (Å²) in [6.45, 7) is 7.36. The van der Waals surface area contributed by atoms with Crippen LogP contribution in [0.15, 0.2) is 30.7 Å². The van der Waals surface area contributed by atoms with Crippen LogP contribution < -0.4 is 5.32 Å². The third-order valence-electron chi connectivity index (χ3n) is 5.22. The van der Waals surface area contributed by atoms with Crippen LogP contribution in [-0.4, -0.2) is 55.4 Å². The van der Waals surface area contributed by atoms with Crippen molar-refractivity contribution in [1.29, 1.82) is 0 Å². The van der Waals surface area contributed by atoms with E-state index in [4.69, 9.17) is 0 Å². The fourth-order valence-corrected chi connectivity index (χ4v) is 3.90. The zero-order chi connectivity index (χ0) is 20.4. The van der Waals surface area contributed by atoms with E-state index in [9.17, 15) is 4.79 Å². The van der Waals surface area contributed by atoms with Gasteiger partial charge in [-0.15, -0.1) is 5.10 Å². The molecule has 0 aliphatic carbocycles. The SMILES string of the molecule is CC(C)CN1CCC[C@@H](C(=O)Nc2cc3cc(-c4cn(C)nn4)cnc3cn2)C1. The van der Waals surface area contributed by atoms with Crippen molar-refractivity contribution in [2.45, 2.75) is 26.7 Å². The summed E-state index contributed by atoms with van der Waals surface area (Å²) in [6.07, 6.45) is 7.28. The molecule has 0 spiro atoms. The number of likely N-dealkylation sites (tertiary alicyclic amines) is 1. The van der Waals surface area contributed by atoms with Crippen molar-refractivity contribution in [3.05, 3.63) is 30.7 Å². The topological polar surface area (TPSA) is 88.8 Å². The fraction of sp³-hybridized carbons (Fsp3) is 0.476. The van der Waals surface area contributed by atoms with E-state index in [1.807, 2.05) is 25.4 Å². The molecule has 152 valence electrons. The summed E-state index contributed by atoms with van der Waals surface area (Å²) < 4.78 is 1.66. The third-order valence-corrected chi connectivity index (χ3v) is 5.22. The molecule has 4 heterocycles. The lowest BCUT2D eigenvalue weighted by atomic mass is 9.96. The maximum Gasteiger partial charge on any atom is 0.229 e. The smallest absolute Gasteiger partial charge is 0.229 e. The highest BCUT2D eigenvalue weighted by Crippen LogP contribution is 2.23. The highest BCUT2D eigenvalue weighted by Gasteiger charge is 2.26. The number of aryl methyl sites for hydroxylation is 1. The van der Waals surface area contributed by atoms with Crippen molar-refractivity contribution >= 4 is 22.6 Å². The van der Waals surface area contributed by atoms with Gasteiger partial charge in [-0.3, -0.25) is 14.5 Å². The lowest BCUT2D eigenvalue weighted by Gasteiger charge is -2.32. The van der Waals surface area contributed by atoms with Crippen LogP contribution in [0.25, 0.3) is 22.2 Å². The molecule has 4 rings (SSSR count). The first kappa shape index (κ1) is 19.4. The van der Waals surface area contributed by atoms with E-state index >= 15 is 0 Å². The minimum Gasteiger partial charge on any atom is -0.310 e. The number of carbonyl (C=O) groups excluding carboxylic acids is 1. The normalized spacial score (nSPS) is 17.7. The number of nitrogens with one attached hydrogen (secondary N) is 1. The average molecular weight is 393 g/mol. The van der Waals surface area contributed by atoms with E-state index in [0.29, 0.717) is 11.7 Å². The molecule has 3 aromatic heterocycles. The van der Waals surface area contributed by atoms with Gasteiger partial charge in [0, 0.05) is 37.3 Å². The Labute approximate surface area is 170 Å². The van der Waals surface area contributed by atoms with Gasteiger partial charge in [-0.05, 0) is 37.4 Å². The fourth-order valence-electron chi connectivity index (χ4n) is 3.90. The molecule has 1 saturated heterocycles. The lowest BCUT2D eigenvalue weighted by molar-refractivity contribution is -0.121. The predicted octanol–water partition coefficient (Wildman–Crippen LogP) is 2.73. The quantitative estimate of drug-likeness (QED) is 0.717. The van der Waals surface area contributed by atoms with E-state index in [-0.39, 0.29) is 11.8 Å². The van der Waals surface area contributed by atoms with E-state index in [0.717, 1.165) is 54.6 Å².